The summed E-state index contributed by atoms with van der Waals surface area (Å²) in [4.78, 5) is 0. The second-order valence-electron chi connectivity index (χ2n) is 5.26. The minimum atomic E-state index is 0.797. The topological polar surface area (TPSA) is 3.24 Å². The molecule has 0 bridgehead atoms. The highest BCUT2D eigenvalue weighted by Crippen LogP contribution is 2.33. The van der Waals surface area contributed by atoms with E-state index < -0.39 is 0 Å². The van der Waals surface area contributed by atoms with Crippen LogP contribution in [0.2, 0.25) is 0 Å². The lowest BCUT2D eigenvalue weighted by molar-refractivity contribution is 0.166. The Labute approximate surface area is 109 Å². The van der Waals surface area contributed by atoms with E-state index in [2.05, 4.69) is 53.7 Å². The van der Waals surface area contributed by atoms with Crippen molar-refractivity contribution in [1.29, 1.82) is 0 Å². The van der Waals surface area contributed by atoms with E-state index in [-0.39, 0.29) is 0 Å². The van der Waals surface area contributed by atoms with Crippen molar-refractivity contribution < 1.29 is 0 Å². The van der Waals surface area contributed by atoms with Crippen LogP contribution in [0.15, 0.2) is 0 Å². The highest BCUT2D eigenvalue weighted by molar-refractivity contribution is 14.1. The summed E-state index contributed by atoms with van der Waals surface area (Å²) in [6.07, 6.45) is 5.52. The van der Waals surface area contributed by atoms with Crippen LogP contribution in [-0.2, 0) is 0 Å². The van der Waals surface area contributed by atoms with Gasteiger partial charge in [0.1, 0.15) is 0 Å². The highest BCUT2D eigenvalue weighted by Gasteiger charge is 2.28. The maximum absolute atomic E-state index is 2.58. The van der Waals surface area contributed by atoms with Gasteiger partial charge in [0.05, 0.1) is 0 Å². The van der Waals surface area contributed by atoms with Crippen LogP contribution < -0.4 is 0 Å². The molecule has 1 aliphatic heterocycles. The van der Waals surface area contributed by atoms with Crippen molar-refractivity contribution in [3.8, 4) is 0 Å². The van der Waals surface area contributed by atoms with E-state index in [1.54, 1.807) is 0 Å². The van der Waals surface area contributed by atoms with E-state index in [1.165, 1.54) is 32.2 Å². The SMILES string of the molecule is CCC1CCC(C)C(CC)N(I)CC1C. The van der Waals surface area contributed by atoms with Crippen LogP contribution in [0, 0.1) is 17.8 Å². The molecule has 1 fully saturated rings. The van der Waals surface area contributed by atoms with E-state index in [1.807, 2.05) is 0 Å². The van der Waals surface area contributed by atoms with Crippen LogP contribution >= 0.6 is 22.9 Å². The summed E-state index contributed by atoms with van der Waals surface area (Å²) in [5.74, 6) is 2.68. The van der Waals surface area contributed by atoms with Gasteiger partial charge in [0, 0.05) is 35.5 Å². The molecule has 0 radical (unpaired) electrons. The first kappa shape index (κ1) is 13.8. The third-order valence-electron chi connectivity index (χ3n) is 4.22. The molecule has 1 rings (SSSR count). The average Bonchev–Trinajstić information content (AvgIpc) is 2.18. The molecule has 1 heterocycles. The zero-order valence-electron chi connectivity index (χ0n) is 10.7. The smallest absolute Gasteiger partial charge is 0.0217 e. The van der Waals surface area contributed by atoms with Gasteiger partial charge >= 0.3 is 0 Å². The van der Waals surface area contributed by atoms with Crippen molar-refractivity contribution >= 4 is 22.9 Å². The molecule has 0 amide bonds. The fourth-order valence-corrected chi connectivity index (χ4v) is 4.56. The summed E-state index contributed by atoms with van der Waals surface area (Å²) in [6.45, 7) is 10.8. The molecule has 0 saturated carbocycles. The molecule has 0 N–H and O–H groups in total. The van der Waals surface area contributed by atoms with Crippen LogP contribution in [0.4, 0.5) is 0 Å². The minimum Gasteiger partial charge on any atom is -0.244 e. The fourth-order valence-electron chi connectivity index (χ4n) is 3.00. The number of halogens is 1. The van der Waals surface area contributed by atoms with E-state index in [0.717, 1.165) is 23.8 Å². The Balaban J connectivity index is 2.65. The minimum absolute atomic E-state index is 0.797. The molecule has 1 saturated heterocycles. The van der Waals surface area contributed by atoms with Gasteiger partial charge in [0.25, 0.3) is 0 Å². The zero-order chi connectivity index (χ0) is 11.4. The summed E-state index contributed by atoms with van der Waals surface area (Å²) in [7, 11) is 0. The molecular formula is C13H26IN. The van der Waals surface area contributed by atoms with Crippen molar-refractivity contribution in [2.45, 2.75) is 59.4 Å². The standard InChI is InChI=1S/C13H26IN/c1-5-12-8-7-10(3)13(6-2)15(14)9-11(12)4/h10-13H,5-9H2,1-4H3. The van der Waals surface area contributed by atoms with Gasteiger partial charge in [-0.3, -0.25) is 0 Å². The summed E-state index contributed by atoms with van der Waals surface area (Å²) < 4.78 is 2.58. The van der Waals surface area contributed by atoms with E-state index in [4.69, 9.17) is 0 Å². The Bertz CT molecular complexity index is 183. The van der Waals surface area contributed by atoms with Crippen LogP contribution in [0.3, 0.4) is 0 Å². The molecule has 0 aliphatic carbocycles. The Hall–Kier alpha value is 0.690. The van der Waals surface area contributed by atoms with Crippen molar-refractivity contribution in [2.75, 3.05) is 6.54 Å². The predicted octanol–water partition coefficient (Wildman–Crippen LogP) is 4.51. The molecule has 0 aromatic heterocycles. The van der Waals surface area contributed by atoms with Crippen LogP contribution in [-0.4, -0.2) is 15.7 Å². The molecule has 0 spiro atoms. The largest absolute Gasteiger partial charge is 0.244 e. The first-order valence-corrected chi connectivity index (χ1v) is 7.49. The third-order valence-corrected chi connectivity index (χ3v) is 5.33. The lowest BCUT2D eigenvalue weighted by Crippen LogP contribution is -2.39. The molecule has 4 atom stereocenters. The third kappa shape index (κ3) is 3.58. The first-order valence-electron chi connectivity index (χ1n) is 6.52. The van der Waals surface area contributed by atoms with Gasteiger partial charge in [-0.05, 0) is 37.0 Å². The monoisotopic (exact) mass is 323 g/mol. The molecular weight excluding hydrogens is 297 g/mol. The second-order valence-corrected chi connectivity index (χ2v) is 6.50. The van der Waals surface area contributed by atoms with E-state index in [9.17, 15) is 0 Å². The summed E-state index contributed by atoms with van der Waals surface area (Å²) in [5.41, 5.74) is 0. The van der Waals surface area contributed by atoms with Gasteiger partial charge in [0.2, 0.25) is 0 Å². The Morgan fingerprint density at radius 2 is 1.73 bits per heavy atom. The van der Waals surface area contributed by atoms with Crippen LogP contribution in [0.25, 0.3) is 0 Å². The zero-order valence-corrected chi connectivity index (χ0v) is 12.8. The van der Waals surface area contributed by atoms with Crippen LogP contribution in [0.1, 0.15) is 53.4 Å². The van der Waals surface area contributed by atoms with Crippen molar-refractivity contribution in [1.82, 2.24) is 3.11 Å². The quantitative estimate of drug-likeness (QED) is 0.534. The van der Waals surface area contributed by atoms with Gasteiger partial charge < -0.3 is 0 Å². The summed E-state index contributed by atoms with van der Waals surface area (Å²) in [5, 5.41) is 0. The van der Waals surface area contributed by atoms with E-state index in [0.29, 0.717) is 0 Å². The molecule has 0 aromatic rings. The Morgan fingerprint density at radius 1 is 1.07 bits per heavy atom. The molecule has 4 unspecified atom stereocenters. The molecule has 0 aromatic carbocycles. The van der Waals surface area contributed by atoms with Crippen molar-refractivity contribution in [3.05, 3.63) is 0 Å². The number of hydrogen-bond acceptors (Lipinski definition) is 1. The highest BCUT2D eigenvalue weighted by atomic mass is 127. The van der Waals surface area contributed by atoms with Gasteiger partial charge in [-0.1, -0.05) is 34.1 Å². The maximum Gasteiger partial charge on any atom is 0.0217 e. The average molecular weight is 323 g/mol. The number of hydrogen-bond donors (Lipinski definition) is 0. The predicted molar refractivity (Wildman–Crippen MR) is 76.1 cm³/mol. The molecule has 15 heavy (non-hydrogen) atoms. The summed E-state index contributed by atoms with van der Waals surface area (Å²) >= 11 is 2.55. The van der Waals surface area contributed by atoms with Gasteiger partial charge in [-0.2, -0.15) is 0 Å². The lowest BCUT2D eigenvalue weighted by atomic mass is 9.81. The van der Waals surface area contributed by atoms with Gasteiger partial charge in [-0.25, -0.2) is 3.11 Å². The first-order chi connectivity index (χ1) is 7.10. The summed E-state index contributed by atoms with van der Waals surface area (Å²) in [6, 6.07) is 0.797. The maximum atomic E-state index is 2.58. The lowest BCUT2D eigenvalue weighted by Gasteiger charge is -2.38. The van der Waals surface area contributed by atoms with Gasteiger partial charge in [0.15, 0.2) is 0 Å². The Kier molecular flexibility index (Phi) is 5.90. The van der Waals surface area contributed by atoms with E-state index >= 15 is 0 Å². The second kappa shape index (κ2) is 6.43. The molecule has 1 nitrogen and oxygen atoms in total. The fraction of sp³-hybridized carbons (Fsp3) is 1.00. The molecule has 2 heteroatoms. The molecule has 90 valence electrons. The van der Waals surface area contributed by atoms with Crippen molar-refractivity contribution in [3.63, 3.8) is 0 Å². The molecule has 1 aliphatic rings. The van der Waals surface area contributed by atoms with Crippen molar-refractivity contribution in [2.24, 2.45) is 17.8 Å². The number of rotatable bonds is 2. The Morgan fingerprint density at radius 3 is 2.27 bits per heavy atom. The number of nitrogens with zero attached hydrogens (tertiary/aromatic N) is 1. The van der Waals surface area contributed by atoms with Crippen LogP contribution in [0.5, 0.6) is 0 Å². The normalized spacial score (nSPS) is 39.8. The van der Waals surface area contributed by atoms with Gasteiger partial charge in [-0.15, -0.1) is 0 Å².